The molecule has 3 aromatic rings. The first-order valence-electron chi connectivity index (χ1n) is 16.0. The molecule has 0 spiro atoms. The van der Waals surface area contributed by atoms with E-state index in [0.29, 0.717) is 36.2 Å². The molecule has 2 heterocycles. The second-order valence-electron chi connectivity index (χ2n) is 13.0. The van der Waals surface area contributed by atoms with E-state index in [0.717, 1.165) is 16.1 Å². The average molecular weight is 654 g/mol. The number of aryl methyl sites for hydroxylation is 1. The van der Waals surface area contributed by atoms with Crippen LogP contribution in [0, 0.1) is 30.6 Å². The summed E-state index contributed by atoms with van der Waals surface area (Å²) in [4.78, 5) is 58.7. The van der Waals surface area contributed by atoms with Gasteiger partial charge in [0, 0.05) is 12.5 Å². The Hall–Kier alpha value is -4.63. The molecule has 242 valence electrons. The highest BCUT2D eigenvalue weighted by Crippen LogP contribution is 2.64. The number of rotatable bonds is 7. The number of amides is 4. The predicted molar refractivity (Wildman–Crippen MR) is 175 cm³/mol. The lowest BCUT2D eigenvalue weighted by Crippen LogP contribution is -2.53. The molecule has 4 amide bonds. The quantitative estimate of drug-likeness (QED) is 0.246. The van der Waals surface area contributed by atoms with E-state index < -0.39 is 46.8 Å². The number of likely N-dealkylation sites (tertiary alicyclic amines) is 1. The van der Waals surface area contributed by atoms with Crippen LogP contribution in [0.15, 0.2) is 78.4 Å². The zero-order valence-corrected chi connectivity index (χ0v) is 27.2. The van der Waals surface area contributed by atoms with Crippen molar-refractivity contribution < 1.29 is 29.0 Å². The van der Waals surface area contributed by atoms with Gasteiger partial charge in [0.2, 0.25) is 11.8 Å². The minimum absolute atomic E-state index is 0.0307. The molecule has 1 saturated carbocycles. The smallest absolute Gasteiger partial charge is 0.260 e. The number of aromatic hydroxyl groups is 1. The standard InChI is InChI=1S/C37H36ClN3O6/c1-4-16-40-33(43)25-15-14-24-26(30(25)35(40)45)19-27-34(44)41(39-23-12-10-20(2)11-13-23)36(46)37(27,22-8-6-5-7-9-22)31(24)21-17-28(38)32(42)29(18-21)47-3/h5-14,17-18,25-27,30-31,39,42H,4,15-16,19H2,1-3H3. The zero-order chi connectivity index (χ0) is 33.2. The molecule has 2 aliphatic carbocycles. The van der Waals surface area contributed by atoms with Gasteiger partial charge < -0.3 is 9.84 Å². The van der Waals surface area contributed by atoms with Crippen LogP contribution in [-0.2, 0) is 24.6 Å². The van der Waals surface area contributed by atoms with Crippen molar-refractivity contribution in [2.24, 2.45) is 23.7 Å². The van der Waals surface area contributed by atoms with Gasteiger partial charge in [-0.1, -0.05) is 78.2 Å². The van der Waals surface area contributed by atoms with Gasteiger partial charge in [-0.2, -0.15) is 5.01 Å². The number of hydrazine groups is 1. The van der Waals surface area contributed by atoms with Gasteiger partial charge >= 0.3 is 0 Å². The molecule has 0 bridgehead atoms. The molecule has 6 unspecified atom stereocenters. The molecule has 0 aromatic heterocycles. The summed E-state index contributed by atoms with van der Waals surface area (Å²) in [6.45, 7) is 4.22. The van der Waals surface area contributed by atoms with Crippen LogP contribution < -0.4 is 10.2 Å². The third kappa shape index (κ3) is 4.50. The number of nitrogens with zero attached hydrogens (tertiary/aromatic N) is 2. The first-order valence-corrected chi connectivity index (χ1v) is 16.4. The summed E-state index contributed by atoms with van der Waals surface area (Å²) >= 11 is 6.60. The van der Waals surface area contributed by atoms with Crippen LogP contribution in [-0.4, -0.2) is 52.3 Å². The highest BCUT2D eigenvalue weighted by atomic mass is 35.5. The fraction of sp³-hybridized carbons (Fsp3) is 0.351. The molecule has 2 aliphatic heterocycles. The molecule has 0 radical (unpaired) electrons. The molecule has 4 aliphatic rings. The highest BCUT2D eigenvalue weighted by molar-refractivity contribution is 6.32. The number of nitrogens with one attached hydrogen (secondary N) is 1. The summed E-state index contributed by atoms with van der Waals surface area (Å²) in [7, 11) is 1.42. The normalized spacial score (nSPS) is 28.2. The molecule has 2 saturated heterocycles. The maximum atomic E-state index is 15.2. The van der Waals surface area contributed by atoms with Gasteiger partial charge in [-0.3, -0.25) is 29.5 Å². The number of hydrogen-bond acceptors (Lipinski definition) is 7. The molecule has 7 rings (SSSR count). The molecule has 3 aromatic carbocycles. The van der Waals surface area contributed by atoms with Crippen molar-refractivity contribution in [2.75, 3.05) is 19.1 Å². The lowest BCUT2D eigenvalue weighted by molar-refractivity contribution is -0.141. The summed E-state index contributed by atoms with van der Waals surface area (Å²) in [5, 5.41) is 11.9. The third-order valence-electron chi connectivity index (χ3n) is 10.5. The van der Waals surface area contributed by atoms with Crippen molar-refractivity contribution in [1.29, 1.82) is 0 Å². The van der Waals surface area contributed by atoms with Crippen LogP contribution in [0.3, 0.4) is 0 Å². The summed E-state index contributed by atoms with van der Waals surface area (Å²) in [5.41, 5.74) is 5.28. The molecule has 2 N–H and O–H groups in total. The van der Waals surface area contributed by atoms with E-state index in [1.807, 2.05) is 74.5 Å². The fourth-order valence-electron chi connectivity index (χ4n) is 8.55. The Morgan fingerprint density at radius 1 is 0.979 bits per heavy atom. The monoisotopic (exact) mass is 653 g/mol. The summed E-state index contributed by atoms with van der Waals surface area (Å²) < 4.78 is 5.51. The molecular weight excluding hydrogens is 618 g/mol. The molecule has 6 atom stereocenters. The predicted octanol–water partition coefficient (Wildman–Crippen LogP) is 5.76. The number of methoxy groups -OCH3 is 1. The Morgan fingerprint density at radius 2 is 1.70 bits per heavy atom. The number of halogens is 1. The van der Waals surface area contributed by atoms with E-state index in [9.17, 15) is 19.5 Å². The first-order chi connectivity index (χ1) is 22.6. The molecule has 10 heteroatoms. The van der Waals surface area contributed by atoms with Gasteiger partial charge in [-0.25, -0.2) is 0 Å². The van der Waals surface area contributed by atoms with Crippen LogP contribution in [0.4, 0.5) is 5.69 Å². The number of anilines is 1. The Labute approximate surface area is 278 Å². The van der Waals surface area contributed by atoms with Crippen molar-refractivity contribution in [3.8, 4) is 11.5 Å². The summed E-state index contributed by atoms with van der Waals surface area (Å²) in [6.07, 6.45) is 3.18. The van der Waals surface area contributed by atoms with Gasteiger partial charge in [0.15, 0.2) is 11.5 Å². The Morgan fingerprint density at radius 3 is 2.38 bits per heavy atom. The maximum absolute atomic E-state index is 15.2. The number of allylic oxidation sites excluding steroid dienone is 2. The van der Waals surface area contributed by atoms with Crippen LogP contribution in [0.25, 0.3) is 0 Å². The average Bonchev–Trinajstić information content (AvgIpc) is 3.44. The number of phenolic OH excluding ortho intramolecular Hbond substituents is 1. The topological polar surface area (TPSA) is 116 Å². The summed E-state index contributed by atoms with van der Waals surface area (Å²) in [6, 6.07) is 19.9. The number of phenols is 1. The second-order valence-corrected chi connectivity index (χ2v) is 13.4. The van der Waals surface area contributed by atoms with E-state index in [1.54, 1.807) is 12.1 Å². The number of benzene rings is 3. The van der Waals surface area contributed by atoms with Crippen molar-refractivity contribution in [3.63, 3.8) is 0 Å². The number of ether oxygens (including phenoxy) is 1. The maximum Gasteiger partial charge on any atom is 0.260 e. The number of carbonyl (C=O) groups is 4. The Balaban J connectivity index is 1.47. The van der Waals surface area contributed by atoms with Crippen molar-refractivity contribution >= 4 is 40.9 Å². The van der Waals surface area contributed by atoms with Crippen molar-refractivity contribution in [3.05, 3.63) is 100 Å². The van der Waals surface area contributed by atoms with Gasteiger partial charge in [-0.15, -0.1) is 0 Å². The van der Waals surface area contributed by atoms with E-state index in [-0.39, 0.29) is 34.8 Å². The highest BCUT2D eigenvalue weighted by Gasteiger charge is 2.70. The molecular formula is C37H36ClN3O6. The van der Waals surface area contributed by atoms with Gasteiger partial charge in [0.1, 0.15) is 0 Å². The van der Waals surface area contributed by atoms with E-state index in [4.69, 9.17) is 16.3 Å². The van der Waals surface area contributed by atoms with Crippen LogP contribution in [0.1, 0.15) is 48.8 Å². The first kappa shape index (κ1) is 31.0. The van der Waals surface area contributed by atoms with Crippen LogP contribution >= 0.6 is 11.6 Å². The van der Waals surface area contributed by atoms with Gasteiger partial charge in [0.05, 0.1) is 41.0 Å². The van der Waals surface area contributed by atoms with Crippen LogP contribution in [0.5, 0.6) is 11.5 Å². The van der Waals surface area contributed by atoms with E-state index >= 15 is 4.79 Å². The second kappa shape index (κ2) is 11.6. The lowest BCUT2D eigenvalue weighted by atomic mass is 9.49. The third-order valence-corrected chi connectivity index (χ3v) is 10.8. The lowest BCUT2D eigenvalue weighted by Gasteiger charge is -2.50. The minimum Gasteiger partial charge on any atom is -0.503 e. The SMILES string of the molecule is CCCN1C(=O)C2CC=C3C(CC4C(=O)N(Nc5ccc(C)cc5)C(=O)C4(c4ccccc4)C3c3cc(Cl)c(O)c(OC)c3)C2C1=O. The molecule has 9 nitrogen and oxygen atoms in total. The molecule has 3 fully saturated rings. The largest absolute Gasteiger partial charge is 0.503 e. The zero-order valence-electron chi connectivity index (χ0n) is 26.4. The fourth-order valence-corrected chi connectivity index (χ4v) is 8.77. The number of fused-ring (bicyclic) bond motifs is 4. The summed E-state index contributed by atoms with van der Waals surface area (Å²) in [5.74, 6) is -4.69. The van der Waals surface area contributed by atoms with Gasteiger partial charge in [-0.05, 0) is 67.5 Å². The number of hydrogen-bond donors (Lipinski definition) is 2. The van der Waals surface area contributed by atoms with E-state index in [2.05, 4.69) is 5.43 Å². The van der Waals surface area contributed by atoms with E-state index in [1.165, 1.54) is 12.0 Å². The van der Waals surface area contributed by atoms with Gasteiger partial charge in [0.25, 0.3) is 11.8 Å². The Bertz CT molecular complexity index is 1830. The minimum atomic E-state index is -1.44. The number of imide groups is 2. The van der Waals surface area contributed by atoms with Crippen molar-refractivity contribution in [1.82, 2.24) is 9.91 Å². The molecule has 47 heavy (non-hydrogen) atoms. The van der Waals surface area contributed by atoms with Crippen molar-refractivity contribution in [2.45, 2.75) is 44.4 Å². The van der Waals surface area contributed by atoms with Crippen LogP contribution in [0.2, 0.25) is 5.02 Å². The Kier molecular flexibility index (Phi) is 7.62. The number of carbonyl (C=O) groups excluding carboxylic acids is 4.